The predicted molar refractivity (Wildman–Crippen MR) is 126 cm³/mol. The molecule has 31 heavy (non-hydrogen) atoms. The summed E-state index contributed by atoms with van der Waals surface area (Å²) in [6, 6.07) is 7.56. The molecule has 2 aromatic rings. The van der Waals surface area contributed by atoms with E-state index >= 15 is 0 Å². The average Bonchev–Trinajstić information content (AvgIpc) is 3.25. The van der Waals surface area contributed by atoms with Crippen molar-refractivity contribution in [2.45, 2.75) is 44.6 Å². The van der Waals surface area contributed by atoms with E-state index in [1.807, 2.05) is 13.0 Å². The number of hydrogen-bond acceptors (Lipinski definition) is 5. The molecule has 1 aromatic carbocycles. The molecule has 2 heterocycles. The Balaban J connectivity index is 1.81. The summed E-state index contributed by atoms with van der Waals surface area (Å²) in [4.78, 5) is 16.9. The zero-order valence-electron chi connectivity index (χ0n) is 19.0. The topological polar surface area (TPSA) is 69.7 Å². The van der Waals surface area contributed by atoms with E-state index in [0.717, 1.165) is 24.6 Å². The Morgan fingerprint density at radius 2 is 1.94 bits per heavy atom. The average molecular weight is 464 g/mol. The van der Waals surface area contributed by atoms with Crippen LogP contribution in [0.4, 0.5) is 0 Å². The van der Waals surface area contributed by atoms with Crippen LogP contribution < -0.4 is 5.32 Å². The van der Waals surface area contributed by atoms with Gasteiger partial charge in [0.15, 0.2) is 0 Å². The van der Waals surface area contributed by atoms with E-state index < -0.39 is 10.0 Å². The highest BCUT2D eigenvalue weighted by Gasteiger charge is 2.27. The van der Waals surface area contributed by atoms with E-state index in [2.05, 4.69) is 28.6 Å². The minimum absolute atomic E-state index is 0.132. The first-order valence-electron chi connectivity index (χ1n) is 10.7. The molecule has 0 spiro atoms. The third-order valence-electron chi connectivity index (χ3n) is 6.23. The van der Waals surface area contributed by atoms with Crippen molar-refractivity contribution in [3.63, 3.8) is 0 Å². The summed E-state index contributed by atoms with van der Waals surface area (Å²) in [6.07, 6.45) is 2.33. The van der Waals surface area contributed by atoms with Crippen LogP contribution in [0.3, 0.4) is 0 Å². The summed E-state index contributed by atoms with van der Waals surface area (Å²) < 4.78 is 26.6. The van der Waals surface area contributed by atoms with Gasteiger partial charge in [-0.25, -0.2) is 12.7 Å². The summed E-state index contributed by atoms with van der Waals surface area (Å²) in [6.45, 7) is 8.44. The predicted octanol–water partition coefficient (Wildman–Crippen LogP) is 3.82. The van der Waals surface area contributed by atoms with Crippen LogP contribution in [0, 0.1) is 19.8 Å². The molecule has 1 fully saturated rings. The molecule has 170 valence electrons. The molecule has 1 aliphatic rings. The van der Waals surface area contributed by atoms with Gasteiger partial charge in [0.2, 0.25) is 10.0 Å². The third kappa shape index (κ3) is 5.37. The van der Waals surface area contributed by atoms with Gasteiger partial charge in [-0.05, 0) is 80.4 Å². The first kappa shape index (κ1) is 23.9. The van der Waals surface area contributed by atoms with Crippen molar-refractivity contribution in [1.82, 2.24) is 14.5 Å². The van der Waals surface area contributed by atoms with Crippen LogP contribution in [0.15, 0.2) is 34.5 Å². The number of rotatable bonds is 7. The Bertz CT molecular complexity index is 1010. The Labute approximate surface area is 190 Å². The van der Waals surface area contributed by atoms with Gasteiger partial charge in [-0.2, -0.15) is 0 Å². The molecule has 0 radical (unpaired) electrons. The lowest BCUT2D eigenvalue weighted by Gasteiger charge is -2.36. The number of hydrogen-bond donors (Lipinski definition) is 1. The Morgan fingerprint density at radius 1 is 1.26 bits per heavy atom. The fourth-order valence-electron chi connectivity index (χ4n) is 3.94. The number of nitrogens with zero attached hydrogens (tertiary/aromatic N) is 2. The first-order chi connectivity index (χ1) is 14.6. The summed E-state index contributed by atoms with van der Waals surface area (Å²) in [5.74, 6) is 0.493. The van der Waals surface area contributed by atoms with Crippen LogP contribution in [0.5, 0.6) is 0 Å². The minimum atomic E-state index is -3.63. The summed E-state index contributed by atoms with van der Waals surface area (Å²) in [5.41, 5.74) is 1.83. The smallest absolute Gasteiger partial charge is 0.251 e. The lowest BCUT2D eigenvalue weighted by molar-refractivity contribution is 0.0914. The second-order valence-corrected chi connectivity index (χ2v) is 11.8. The van der Waals surface area contributed by atoms with Gasteiger partial charge in [0.05, 0.1) is 10.9 Å². The molecule has 6 nitrogen and oxygen atoms in total. The number of carbonyl (C=O) groups excluding carboxylic acids is 1. The molecule has 0 saturated carbocycles. The number of benzene rings is 1. The van der Waals surface area contributed by atoms with Gasteiger partial charge in [-0.15, -0.1) is 11.3 Å². The summed E-state index contributed by atoms with van der Waals surface area (Å²) in [5, 5.41) is 5.14. The van der Waals surface area contributed by atoms with Crippen molar-refractivity contribution in [3.05, 3.63) is 51.2 Å². The van der Waals surface area contributed by atoms with Gasteiger partial charge in [0.25, 0.3) is 5.91 Å². The van der Waals surface area contributed by atoms with Crippen LogP contribution in [0.25, 0.3) is 0 Å². The summed E-state index contributed by atoms with van der Waals surface area (Å²) in [7, 11) is -0.625. The number of aryl methyl sites for hydroxylation is 1. The number of likely N-dealkylation sites (tertiary alicyclic amines) is 1. The maximum atomic E-state index is 13.0. The largest absolute Gasteiger partial charge is 0.350 e. The number of sulfonamides is 1. The van der Waals surface area contributed by atoms with Gasteiger partial charge in [0.1, 0.15) is 0 Å². The number of carbonyl (C=O) groups is 1. The van der Waals surface area contributed by atoms with Crippen molar-refractivity contribution in [1.29, 1.82) is 0 Å². The van der Waals surface area contributed by atoms with Crippen molar-refractivity contribution >= 4 is 27.3 Å². The van der Waals surface area contributed by atoms with Gasteiger partial charge in [-0.3, -0.25) is 9.69 Å². The Kier molecular flexibility index (Phi) is 7.57. The van der Waals surface area contributed by atoms with Gasteiger partial charge >= 0.3 is 0 Å². The van der Waals surface area contributed by atoms with E-state index in [1.165, 1.54) is 42.2 Å². The quantitative estimate of drug-likeness (QED) is 0.678. The van der Waals surface area contributed by atoms with E-state index in [1.54, 1.807) is 24.3 Å². The highest BCUT2D eigenvalue weighted by Crippen LogP contribution is 2.29. The molecule has 1 amide bonds. The van der Waals surface area contributed by atoms with Crippen LogP contribution in [-0.4, -0.2) is 57.3 Å². The maximum Gasteiger partial charge on any atom is 0.251 e. The van der Waals surface area contributed by atoms with E-state index in [4.69, 9.17) is 0 Å². The lowest BCUT2D eigenvalue weighted by Crippen LogP contribution is -2.41. The molecular formula is C23H33N3O3S2. The van der Waals surface area contributed by atoms with Crippen molar-refractivity contribution in [2.75, 3.05) is 33.7 Å². The number of thiophene rings is 1. The Hall–Kier alpha value is -1.74. The highest BCUT2D eigenvalue weighted by molar-refractivity contribution is 7.89. The standard InChI is InChI=1S/C23H33N3O3S2/c1-16-8-10-26(11-9-16)20(21-7-6-12-30-21)15-24-23(27)19-13-17(2)18(3)22(14-19)31(28,29)25(4)5/h6-7,12-14,16,20H,8-11,15H2,1-5H3,(H,24,27). The van der Waals surface area contributed by atoms with Gasteiger partial charge < -0.3 is 5.32 Å². The van der Waals surface area contributed by atoms with Crippen LogP contribution >= 0.6 is 11.3 Å². The fourth-order valence-corrected chi connectivity index (χ4v) is 6.02. The normalized spacial score (nSPS) is 17.1. The summed E-state index contributed by atoms with van der Waals surface area (Å²) >= 11 is 1.71. The number of piperidine rings is 1. The first-order valence-corrected chi connectivity index (χ1v) is 13.0. The van der Waals surface area contributed by atoms with Crippen molar-refractivity contribution in [2.24, 2.45) is 5.92 Å². The SMILES string of the molecule is Cc1cc(C(=O)NCC(c2cccs2)N2CCC(C)CC2)cc(S(=O)(=O)N(C)C)c1C. The fraction of sp³-hybridized carbons (Fsp3) is 0.522. The molecule has 1 unspecified atom stereocenters. The number of amides is 1. The molecule has 1 aromatic heterocycles. The van der Waals surface area contributed by atoms with Crippen LogP contribution in [0.2, 0.25) is 0 Å². The zero-order chi connectivity index (χ0) is 22.8. The monoisotopic (exact) mass is 463 g/mol. The second kappa shape index (κ2) is 9.81. The Morgan fingerprint density at radius 3 is 2.52 bits per heavy atom. The highest BCUT2D eigenvalue weighted by atomic mass is 32.2. The lowest BCUT2D eigenvalue weighted by atomic mass is 9.97. The molecule has 3 rings (SSSR count). The molecular weight excluding hydrogens is 430 g/mol. The maximum absolute atomic E-state index is 13.0. The van der Waals surface area contributed by atoms with E-state index in [9.17, 15) is 13.2 Å². The molecule has 1 saturated heterocycles. The van der Waals surface area contributed by atoms with Crippen LogP contribution in [-0.2, 0) is 10.0 Å². The molecule has 0 aliphatic carbocycles. The molecule has 1 atom stereocenters. The molecule has 8 heteroatoms. The second-order valence-electron chi connectivity index (χ2n) is 8.66. The van der Waals surface area contributed by atoms with Crippen LogP contribution in [0.1, 0.15) is 52.2 Å². The minimum Gasteiger partial charge on any atom is -0.350 e. The molecule has 1 N–H and O–H groups in total. The van der Waals surface area contributed by atoms with Gasteiger partial charge in [-0.1, -0.05) is 13.0 Å². The van der Waals surface area contributed by atoms with E-state index in [0.29, 0.717) is 17.7 Å². The zero-order valence-corrected chi connectivity index (χ0v) is 20.6. The molecule has 0 bridgehead atoms. The van der Waals surface area contributed by atoms with Crippen molar-refractivity contribution < 1.29 is 13.2 Å². The molecule has 1 aliphatic heterocycles. The van der Waals surface area contributed by atoms with Gasteiger partial charge in [0, 0.05) is 31.1 Å². The third-order valence-corrected chi connectivity index (χ3v) is 9.14. The van der Waals surface area contributed by atoms with Crippen molar-refractivity contribution in [3.8, 4) is 0 Å². The number of nitrogens with one attached hydrogen (secondary N) is 1. The van der Waals surface area contributed by atoms with E-state index in [-0.39, 0.29) is 16.8 Å².